The Kier molecular flexibility index (Phi) is 5.39. The van der Waals surface area contributed by atoms with Crippen LogP contribution in [0.5, 0.6) is 0 Å². The van der Waals surface area contributed by atoms with Gasteiger partial charge < -0.3 is 4.70 Å². The van der Waals surface area contributed by atoms with Crippen molar-refractivity contribution in [3.05, 3.63) is 58.1 Å². The molecule has 7 heteroatoms. The highest BCUT2D eigenvalue weighted by Crippen LogP contribution is 2.26. The summed E-state index contributed by atoms with van der Waals surface area (Å²) < 4.78 is 26.7. The van der Waals surface area contributed by atoms with Crippen LogP contribution in [0.25, 0.3) is 0 Å². The fourth-order valence-corrected chi connectivity index (χ4v) is 2.84. The van der Waals surface area contributed by atoms with E-state index in [2.05, 4.69) is 4.72 Å². The molecule has 2 rings (SSSR count). The molecule has 0 radical (unpaired) electrons. The summed E-state index contributed by atoms with van der Waals surface area (Å²) in [7, 11) is -3.61. The zero-order valence-corrected chi connectivity index (χ0v) is 12.7. The minimum atomic E-state index is -3.61. The van der Waals surface area contributed by atoms with Crippen molar-refractivity contribution in [3.8, 4) is 0 Å². The number of rotatable bonds is 3. The van der Waals surface area contributed by atoms with Crippen LogP contribution >= 0.6 is 23.2 Å². The maximum absolute atomic E-state index is 12.1. The number of hydrogen-bond donors (Lipinski definition) is 1. The Morgan fingerprint density at radius 1 is 0.950 bits per heavy atom. The van der Waals surface area contributed by atoms with Gasteiger partial charge >= 0.3 is 0 Å². The van der Waals surface area contributed by atoms with E-state index in [9.17, 15) is 8.42 Å². The van der Waals surface area contributed by atoms with E-state index in [1.165, 1.54) is 12.1 Å². The summed E-state index contributed by atoms with van der Waals surface area (Å²) >= 11 is 11.6. The zero-order valence-electron chi connectivity index (χ0n) is 10.4. The Morgan fingerprint density at radius 2 is 1.55 bits per heavy atom. The number of benzene rings is 2. The van der Waals surface area contributed by atoms with Crippen molar-refractivity contribution < 1.29 is 13.1 Å². The third-order valence-corrected chi connectivity index (χ3v) is 4.64. The minimum Gasteiger partial charge on any atom is -1.00 e. The minimum absolute atomic E-state index is 0. The van der Waals surface area contributed by atoms with E-state index in [0.29, 0.717) is 15.7 Å². The molecule has 0 saturated heterocycles. The van der Waals surface area contributed by atoms with Crippen LogP contribution < -0.4 is 9.43 Å². The highest BCUT2D eigenvalue weighted by Gasteiger charge is 2.14. The molecule has 20 heavy (non-hydrogen) atoms. The van der Waals surface area contributed by atoms with Gasteiger partial charge in [0.1, 0.15) is 0 Å². The molecule has 2 aromatic carbocycles. The second kappa shape index (κ2) is 6.43. The molecule has 0 aromatic heterocycles. The summed E-state index contributed by atoms with van der Waals surface area (Å²) in [6, 6.07) is 11.1. The predicted molar refractivity (Wildman–Crippen MR) is 78.4 cm³/mol. The van der Waals surface area contributed by atoms with Crippen molar-refractivity contribution in [1.82, 2.24) is 0 Å². The van der Waals surface area contributed by atoms with Gasteiger partial charge in [0.15, 0.2) is 0 Å². The summed E-state index contributed by atoms with van der Waals surface area (Å²) in [5, 5.41) is 0.672. The van der Waals surface area contributed by atoms with E-state index < -0.39 is 10.0 Å². The lowest BCUT2D eigenvalue weighted by Crippen LogP contribution is -3.00. The number of nitrogens with one attached hydrogen (secondary N) is 1. The summed E-state index contributed by atoms with van der Waals surface area (Å²) in [5.41, 5.74) is 1.36. The molecule has 0 atom stereocenters. The molecule has 1 N–H and O–H groups in total. The predicted octanol–water partition coefficient (Wildman–Crippen LogP) is 1.11. The average molecular weight is 335 g/mol. The van der Waals surface area contributed by atoms with Gasteiger partial charge in [0.2, 0.25) is 0 Å². The molecule has 0 aliphatic heterocycles. The molecule has 0 spiro atoms. The van der Waals surface area contributed by atoms with Crippen LogP contribution in [-0.2, 0) is 10.0 Å². The monoisotopic (exact) mass is 334 g/mol. The molecule has 0 amide bonds. The largest absolute Gasteiger partial charge is 1.00 e. The van der Waals surface area contributed by atoms with Crippen LogP contribution in [0.3, 0.4) is 0 Å². The molecule has 0 fully saturated rings. The maximum atomic E-state index is 12.1. The Morgan fingerprint density at radius 3 is 2.10 bits per heavy atom. The van der Waals surface area contributed by atoms with Crippen molar-refractivity contribution in [2.24, 2.45) is 0 Å². The van der Waals surface area contributed by atoms with E-state index in [-0.39, 0.29) is 9.60 Å². The van der Waals surface area contributed by atoms with Gasteiger partial charge in [0, 0.05) is 0 Å². The Labute approximate surface area is 126 Å². The third kappa shape index (κ3) is 3.85. The average Bonchev–Trinajstić information content (AvgIpc) is 2.34. The summed E-state index contributed by atoms with van der Waals surface area (Å²) in [4.78, 5) is 0.198. The number of anilines is 1. The summed E-state index contributed by atoms with van der Waals surface area (Å²) in [5.74, 6) is 0. The van der Waals surface area contributed by atoms with Gasteiger partial charge in [-0.2, -0.15) is 0 Å². The second-order valence-corrected chi connectivity index (χ2v) is 6.54. The van der Waals surface area contributed by atoms with Crippen molar-refractivity contribution in [3.63, 3.8) is 0 Å². The lowest BCUT2D eigenvalue weighted by atomic mass is 10.2. The quantitative estimate of drug-likeness (QED) is 0.913. The van der Waals surface area contributed by atoms with Crippen LogP contribution in [-0.4, -0.2) is 8.42 Å². The zero-order chi connectivity index (χ0) is 14.0. The standard InChI is InChI=1S/C13H11Cl2NO2S.FH/c1-9-2-5-11(6-3-9)19(17,18)16-10-4-7-12(14)13(15)8-10;/h2-8,16H,1H3;1H/p-1. The van der Waals surface area contributed by atoms with Crippen molar-refractivity contribution in [2.75, 3.05) is 4.72 Å². The summed E-state index contributed by atoms with van der Waals surface area (Å²) in [6.07, 6.45) is 0. The van der Waals surface area contributed by atoms with Crippen molar-refractivity contribution in [2.45, 2.75) is 11.8 Å². The molecule has 0 saturated carbocycles. The number of hydrogen-bond acceptors (Lipinski definition) is 2. The highest BCUT2D eigenvalue weighted by atomic mass is 35.5. The van der Waals surface area contributed by atoms with Gasteiger partial charge in [-0.3, -0.25) is 4.72 Å². The van der Waals surface area contributed by atoms with Crippen LogP contribution in [0.4, 0.5) is 5.69 Å². The lowest BCUT2D eigenvalue weighted by molar-refractivity contribution is -0.00000611. The van der Waals surface area contributed by atoms with Gasteiger partial charge in [-0.1, -0.05) is 40.9 Å². The van der Waals surface area contributed by atoms with E-state index in [1.54, 1.807) is 30.3 Å². The van der Waals surface area contributed by atoms with Crippen LogP contribution in [0.1, 0.15) is 5.56 Å². The first-order chi connectivity index (χ1) is 8.88. The first-order valence-corrected chi connectivity index (χ1v) is 7.67. The molecule has 0 unspecified atom stereocenters. The number of sulfonamides is 1. The van der Waals surface area contributed by atoms with Gasteiger partial charge in [0.25, 0.3) is 10.0 Å². The van der Waals surface area contributed by atoms with Crippen molar-refractivity contribution in [1.29, 1.82) is 0 Å². The van der Waals surface area contributed by atoms with Crippen molar-refractivity contribution >= 4 is 38.9 Å². The Hall–Kier alpha value is -1.30. The normalized spacial score (nSPS) is 10.8. The topological polar surface area (TPSA) is 46.2 Å². The van der Waals surface area contributed by atoms with E-state index in [1.807, 2.05) is 6.92 Å². The molecule has 0 aliphatic rings. The number of halogens is 3. The first kappa shape index (κ1) is 16.8. The highest BCUT2D eigenvalue weighted by molar-refractivity contribution is 7.92. The molecular formula is C13H11Cl2FNO2S-. The van der Waals surface area contributed by atoms with Gasteiger partial charge in [-0.05, 0) is 37.3 Å². The molecule has 0 heterocycles. The molecule has 0 aliphatic carbocycles. The second-order valence-electron chi connectivity index (χ2n) is 4.05. The Bertz CT molecular complexity index is 703. The molecule has 3 nitrogen and oxygen atoms in total. The SMILES string of the molecule is Cc1ccc(S(=O)(=O)Nc2ccc(Cl)c(Cl)c2)cc1.[F-]. The van der Waals surface area contributed by atoms with Gasteiger partial charge in [-0.25, -0.2) is 8.42 Å². The fraction of sp³-hybridized carbons (Fsp3) is 0.0769. The smallest absolute Gasteiger partial charge is 0.261 e. The van der Waals surface area contributed by atoms with Crippen LogP contribution in [0, 0.1) is 6.92 Å². The van der Waals surface area contributed by atoms with E-state index in [4.69, 9.17) is 23.2 Å². The van der Waals surface area contributed by atoms with Crippen LogP contribution in [0.15, 0.2) is 47.4 Å². The van der Waals surface area contributed by atoms with Crippen LogP contribution in [0.2, 0.25) is 10.0 Å². The third-order valence-electron chi connectivity index (χ3n) is 2.50. The van der Waals surface area contributed by atoms with E-state index >= 15 is 0 Å². The number of aryl methyl sites for hydroxylation is 1. The first-order valence-electron chi connectivity index (χ1n) is 5.43. The Balaban J connectivity index is 0.00000200. The molecule has 2 aromatic rings. The van der Waals surface area contributed by atoms with E-state index in [0.717, 1.165) is 5.56 Å². The molecule has 0 bridgehead atoms. The lowest BCUT2D eigenvalue weighted by Gasteiger charge is -2.09. The van der Waals surface area contributed by atoms with Gasteiger partial charge in [0.05, 0.1) is 20.6 Å². The van der Waals surface area contributed by atoms with Gasteiger partial charge in [-0.15, -0.1) is 0 Å². The fourth-order valence-electron chi connectivity index (χ4n) is 1.49. The molecular weight excluding hydrogens is 324 g/mol. The maximum Gasteiger partial charge on any atom is 0.261 e. The summed E-state index contributed by atoms with van der Waals surface area (Å²) in [6.45, 7) is 1.89. The molecule has 108 valence electrons.